The molecule has 3 heteroatoms. The van der Waals surface area contributed by atoms with Crippen molar-refractivity contribution in [2.45, 2.75) is 13.8 Å². The van der Waals surface area contributed by atoms with Crippen LogP contribution in [0.4, 0.5) is 4.79 Å². The summed E-state index contributed by atoms with van der Waals surface area (Å²) >= 11 is 0. The summed E-state index contributed by atoms with van der Waals surface area (Å²) in [5.41, 5.74) is 0. The number of rotatable bonds is 1. The highest BCUT2D eigenvalue weighted by Gasteiger charge is 2.28. The Labute approximate surface area is 79.5 Å². The predicted molar refractivity (Wildman–Crippen MR) is 52.1 cm³/mol. The van der Waals surface area contributed by atoms with Gasteiger partial charge in [-0.1, -0.05) is 19.8 Å². The highest BCUT2D eigenvalue weighted by atomic mass is 16.2. The molecule has 1 heterocycles. The Kier molecular flexibility index (Phi) is 3.18. The second-order valence-electron chi connectivity index (χ2n) is 3.72. The molecule has 1 N–H and O–H groups in total. The van der Waals surface area contributed by atoms with Gasteiger partial charge in [-0.2, -0.15) is 0 Å². The molecule has 0 spiro atoms. The molecule has 0 aromatic carbocycles. The zero-order chi connectivity index (χ0) is 9.84. The van der Waals surface area contributed by atoms with E-state index in [-0.39, 0.29) is 6.03 Å². The van der Waals surface area contributed by atoms with Crippen LogP contribution >= 0.6 is 0 Å². The third kappa shape index (κ3) is 2.38. The molecule has 2 atom stereocenters. The average Bonchev–Trinajstić information content (AvgIpc) is 2.43. The van der Waals surface area contributed by atoms with Gasteiger partial charge in [0.2, 0.25) is 0 Å². The van der Waals surface area contributed by atoms with Crippen molar-refractivity contribution >= 4 is 6.03 Å². The monoisotopic (exact) mass is 180 g/mol. The molecule has 2 unspecified atom stereocenters. The maximum Gasteiger partial charge on any atom is 0.318 e. The summed E-state index contributed by atoms with van der Waals surface area (Å²) < 4.78 is 0. The second kappa shape index (κ2) is 4.18. The Bertz CT molecular complexity index is 222. The van der Waals surface area contributed by atoms with Gasteiger partial charge in [0.1, 0.15) is 0 Å². The molecule has 1 aliphatic rings. The number of urea groups is 1. The molecule has 3 nitrogen and oxygen atoms in total. The molecule has 13 heavy (non-hydrogen) atoms. The first-order valence-electron chi connectivity index (χ1n) is 4.61. The predicted octanol–water partition coefficient (Wildman–Crippen LogP) is 0.917. The third-order valence-corrected chi connectivity index (χ3v) is 2.62. The standard InChI is InChI=1S/C10H16N2O/c1-4-5-11-10(13)12-6-8(2)9(3)7-12/h1,8-9H,5-7H2,2-3H3,(H,11,13). The highest BCUT2D eigenvalue weighted by molar-refractivity contribution is 5.74. The van der Waals surface area contributed by atoms with Crippen LogP contribution in [0, 0.1) is 24.2 Å². The van der Waals surface area contributed by atoms with Crippen molar-refractivity contribution < 1.29 is 4.79 Å². The van der Waals surface area contributed by atoms with E-state index in [1.807, 2.05) is 4.90 Å². The van der Waals surface area contributed by atoms with E-state index in [1.54, 1.807) is 0 Å². The lowest BCUT2D eigenvalue weighted by Gasteiger charge is -2.15. The van der Waals surface area contributed by atoms with Crippen LogP contribution in [0.3, 0.4) is 0 Å². The summed E-state index contributed by atoms with van der Waals surface area (Å²) in [7, 11) is 0. The molecule has 0 aromatic heterocycles. The molecule has 1 saturated heterocycles. The van der Waals surface area contributed by atoms with Crippen LogP contribution in [0.5, 0.6) is 0 Å². The van der Waals surface area contributed by atoms with Crippen molar-refractivity contribution in [3.8, 4) is 12.3 Å². The van der Waals surface area contributed by atoms with Crippen molar-refractivity contribution in [1.29, 1.82) is 0 Å². The Balaban J connectivity index is 2.38. The molecule has 2 amide bonds. The summed E-state index contributed by atoms with van der Waals surface area (Å²) in [5.74, 6) is 3.57. The van der Waals surface area contributed by atoms with Crippen LogP contribution in [0.1, 0.15) is 13.8 Å². The van der Waals surface area contributed by atoms with Gasteiger partial charge in [0.05, 0.1) is 6.54 Å². The number of nitrogens with one attached hydrogen (secondary N) is 1. The first-order valence-corrected chi connectivity index (χ1v) is 4.61. The molecule has 0 saturated carbocycles. The van der Waals surface area contributed by atoms with Crippen molar-refractivity contribution in [2.75, 3.05) is 19.6 Å². The molecular formula is C10H16N2O. The second-order valence-corrected chi connectivity index (χ2v) is 3.72. The number of carbonyl (C=O) groups is 1. The number of carbonyl (C=O) groups excluding carboxylic acids is 1. The Hall–Kier alpha value is -1.17. The summed E-state index contributed by atoms with van der Waals surface area (Å²) in [4.78, 5) is 13.2. The van der Waals surface area contributed by atoms with Crippen LogP contribution in [0.2, 0.25) is 0 Å². The average molecular weight is 180 g/mol. The van der Waals surface area contributed by atoms with Crippen LogP contribution in [0.15, 0.2) is 0 Å². The smallest absolute Gasteiger partial charge is 0.318 e. The fourth-order valence-electron chi connectivity index (χ4n) is 1.53. The van der Waals surface area contributed by atoms with E-state index in [2.05, 4.69) is 25.1 Å². The van der Waals surface area contributed by atoms with E-state index in [9.17, 15) is 4.79 Å². The molecule has 72 valence electrons. The van der Waals surface area contributed by atoms with Gasteiger partial charge in [0.15, 0.2) is 0 Å². The maximum absolute atomic E-state index is 11.4. The van der Waals surface area contributed by atoms with E-state index in [4.69, 9.17) is 6.42 Å². The zero-order valence-electron chi connectivity index (χ0n) is 8.21. The van der Waals surface area contributed by atoms with Gasteiger partial charge in [0.25, 0.3) is 0 Å². The van der Waals surface area contributed by atoms with Crippen LogP contribution < -0.4 is 5.32 Å². The summed E-state index contributed by atoms with van der Waals surface area (Å²) in [6.45, 7) is 6.34. The van der Waals surface area contributed by atoms with Gasteiger partial charge in [0, 0.05) is 13.1 Å². The lowest BCUT2D eigenvalue weighted by Crippen LogP contribution is -2.38. The first kappa shape index (κ1) is 9.91. The molecule has 0 bridgehead atoms. The van der Waals surface area contributed by atoms with Crippen LogP contribution in [-0.4, -0.2) is 30.6 Å². The van der Waals surface area contributed by atoms with Crippen LogP contribution in [-0.2, 0) is 0 Å². The topological polar surface area (TPSA) is 32.3 Å². The Morgan fingerprint density at radius 1 is 1.54 bits per heavy atom. The van der Waals surface area contributed by atoms with Gasteiger partial charge in [-0.05, 0) is 11.8 Å². The number of amides is 2. The third-order valence-electron chi connectivity index (χ3n) is 2.62. The number of nitrogens with zero attached hydrogens (tertiary/aromatic N) is 1. The molecule has 1 aliphatic heterocycles. The molecule has 0 aliphatic carbocycles. The molecule has 1 fully saturated rings. The minimum atomic E-state index is -0.0332. The van der Waals surface area contributed by atoms with Crippen molar-refractivity contribution in [1.82, 2.24) is 10.2 Å². The number of likely N-dealkylation sites (tertiary alicyclic amines) is 1. The lowest BCUT2D eigenvalue weighted by molar-refractivity contribution is 0.208. The minimum Gasteiger partial charge on any atom is -0.327 e. The maximum atomic E-state index is 11.4. The van der Waals surface area contributed by atoms with Gasteiger partial charge < -0.3 is 10.2 Å². The quantitative estimate of drug-likeness (QED) is 0.598. The van der Waals surface area contributed by atoms with E-state index >= 15 is 0 Å². The minimum absolute atomic E-state index is 0.0332. The van der Waals surface area contributed by atoms with Gasteiger partial charge in [-0.3, -0.25) is 0 Å². The number of hydrogen-bond donors (Lipinski definition) is 1. The number of hydrogen-bond acceptors (Lipinski definition) is 1. The normalized spacial score (nSPS) is 27.0. The SMILES string of the molecule is C#CCNC(=O)N1CC(C)C(C)C1. The van der Waals surface area contributed by atoms with Crippen molar-refractivity contribution in [2.24, 2.45) is 11.8 Å². The molecule has 1 rings (SSSR count). The Morgan fingerprint density at radius 3 is 2.54 bits per heavy atom. The van der Waals surface area contributed by atoms with E-state index in [0.717, 1.165) is 13.1 Å². The fraction of sp³-hybridized carbons (Fsp3) is 0.700. The summed E-state index contributed by atoms with van der Waals surface area (Å²) in [5, 5.41) is 2.67. The first-order chi connectivity index (χ1) is 6.15. The van der Waals surface area contributed by atoms with E-state index in [1.165, 1.54) is 0 Å². The summed E-state index contributed by atoms with van der Waals surface area (Å²) in [6, 6.07) is -0.0332. The highest BCUT2D eigenvalue weighted by Crippen LogP contribution is 2.21. The van der Waals surface area contributed by atoms with E-state index < -0.39 is 0 Å². The van der Waals surface area contributed by atoms with E-state index in [0.29, 0.717) is 18.4 Å². The largest absolute Gasteiger partial charge is 0.327 e. The van der Waals surface area contributed by atoms with Crippen LogP contribution in [0.25, 0.3) is 0 Å². The zero-order valence-corrected chi connectivity index (χ0v) is 8.21. The van der Waals surface area contributed by atoms with Gasteiger partial charge in [-0.25, -0.2) is 4.79 Å². The lowest BCUT2D eigenvalue weighted by atomic mass is 10.0. The number of terminal acetylenes is 1. The summed E-state index contributed by atoms with van der Waals surface area (Å²) in [6.07, 6.45) is 5.05. The fourth-order valence-corrected chi connectivity index (χ4v) is 1.53. The van der Waals surface area contributed by atoms with Gasteiger partial charge in [-0.15, -0.1) is 6.42 Å². The van der Waals surface area contributed by atoms with Crippen molar-refractivity contribution in [3.05, 3.63) is 0 Å². The molecular weight excluding hydrogens is 164 g/mol. The molecule has 0 aromatic rings. The van der Waals surface area contributed by atoms with Gasteiger partial charge >= 0.3 is 6.03 Å². The Morgan fingerprint density at radius 2 is 2.08 bits per heavy atom. The molecule has 0 radical (unpaired) electrons. The van der Waals surface area contributed by atoms with Crippen molar-refractivity contribution in [3.63, 3.8) is 0 Å².